The lowest BCUT2D eigenvalue weighted by atomic mass is 10.2. The molecule has 0 spiro atoms. The maximum Gasteiger partial charge on any atom is 0.360 e. The van der Waals surface area contributed by atoms with E-state index in [1.54, 1.807) is 12.3 Å². The summed E-state index contributed by atoms with van der Waals surface area (Å²) < 4.78 is 5.90. The van der Waals surface area contributed by atoms with Gasteiger partial charge in [0.2, 0.25) is 0 Å². The molecule has 0 unspecified atom stereocenters. The number of ether oxygens (including phenoxy) is 1. The smallest absolute Gasteiger partial charge is 0.360 e. The SMILES string of the molecule is COC(=O)c1nc(Cl)c2c(sc3cccnc32)c1O. The van der Waals surface area contributed by atoms with Gasteiger partial charge in [-0.3, -0.25) is 4.98 Å². The molecule has 0 atom stereocenters. The van der Waals surface area contributed by atoms with Gasteiger partial charge in [-0.15, -0.1) is 11.3 Å². The Morgan fingerprint density at radius 3 is 3.05 bits per heavy atom. The lowest BCUT2D eigenvalue weighted by Crippen LogP contribution is -2.04. The third-order valence-electron chi connectivity index (χ3n) is 2.68. The molecule has 0 aromatic carbocycles. The van der Waals surface area contributed by atoms with Gasteiger partial charge >= 0.3 is 5.97 Å². The topological polar surface area (TPSA) is 72.3 Å². The maximum atomic E-state index is 11.5. The first kappa shape index (κ1) is 12.1. The highest BCUT2D eigenvalue weighted by molar-refractivity contribution is 7.26. The Morgan fingerprint density at radius 1 is 1.53 bits per heavy atom. The standard InChI is InChI=1S/C12H7ClN2O3S/c1-18-12(17)8-9(16)10-6(11(13)15-8)7-5(19-10)3-2-4-14-7/h2-4,16H,1H3. The van der Waals surface area contributed by atoms with E-state index in [2.05, 4.69) is 14.7 Å². The molecule has 0 aliphatic carbocycles. The number of aromatic hydroxyl groups is 1. The molecule has 3 rings (SSSR count). The first-order chi connectivity index (χ1) is 9.13. The van der Waals surface area contributed by atoms with Crippen molar-refractivity contribution < 1.29 is 14.6 Å². The molecular formula is C12H7ClN2O3S. The zero-order valence-corrected chi connectivity index (χ0v) is 11.2. The Bertz CT molecular complexity index is 815. The van der Waals surface area contributed by atoms with Gasteiger partial charge in [0.25, 0.3) is 0 Å². The van der Waals surface area contributed by atoms with Crippen molar-refractivity contribution in [3.05, 3.63) is 29.2 Å². The van der Waals surface area contributed by atoms with E-state index in [1.165, 1.54) is 18.4 Å². The summed E-state index contributed by atoms with van der Waals surface area (Å²) in [6, 6.07) is 3.65. The molecule has 0 saturated carbocycles. The molecule has 0 amide bonds. The summed E-state index contributed by atoms with van der Waals surface area (Å²) in [5.74, 6) is -0.957. The zero-order valence-electron chi connectivity index (χ0n) is 9.68. The van der Waals surface area contributed by atoms with Crippen LogP contribution in [0.25, 0.3) is 20.3 Å². The first-order valence-corrected chi connectivity index (χ1v) is 6.47. The number of carbonyl (C=O) groups is 1. The maximum absolute atomic E-state index is 11.5. The third kappa shape index (κ3) is 1.72. The summed E-state index contributed by atoms with van der Waals surface area (Å²) in [7, 11) is 1.22. The predicted octanol–water partition coefficient (Wildman–Crippen LogP) is 2.99. The molecule has 3 heterocycles. The Labute approximate surface area is 116 Å². The van der Waals surface area contributed by atoms with Crippen LogP contribution >= 0.6 is 22.9 Å². The second-order valence-corrected chi connectivity index (χ2v) is 5.16. The summed E-state index contributed by atoms with van der Waals surface area (Å²) >= 11 is 7.39. The predicted molar refractivity (Wildman–Crippen MR) is 72.9 cm³/mol. The molecule has 96 valence electrons. The summed E-state index contributed by atoms with van der Waals surface area (Å²) in [4.78, 5) is 19.7. The average molecular weight is 295 g/mol. The number of pyridine rings is 2. The molecule has 0 bridgehead atoms. The van der Waals surface area contributed by atoms with Crippen molar-refractivity contribution in [2.24, 2.45) is 0 Å². The lowest BCUT2D eigenvalue weighted by Gasteiger charge is -2.03. The minimum Gasteiger partial charge on any atom is -0.504 e. The highest BCUT2D eigenvalue weighted by atomic mass is 35.5. The highest BCUT2D eigenvalue weighted by Gasteiger charge is 2.22. The molecule has 3 aromatic rings. The van der Waals surface area contributed by atoms with Crippen molar-refractivity contribution in [2.75, 3.05) is 7.11 Å². The molecule has 0 aliphatic rings. The molecule has 3 aromatic heterocycles. The third-order valence-corrected chi connectivity index (χ3v) is 4.11. The van der Waals surface area contributed by atoms with E-state index in [4.69, 9.17) is 11.6 Å². The van der Waals surface area contributed by atoms with Gasteiger partial charge in [0.05, 0.1) is 27.4 Å². The van der Waals surface area contributed by atoms with Crippen LogP contribution in [0.4, 0.5) is 0 Å². The molecule has 1 N–H and O–H groups in total. The number of hydrogen-bond donors (Lipinski definition) is 1. The van der Waals surface area contributed by atoms with Gasteiger partial charge in [0.15, 0.2) is 11.4 Å². The van der Waals surface area contributed by atoms with Crippen LogP contribution in [0.2, 0.25) is 5.15 Å². The Morgan fingerprint density at radius 2 is 2.32 bits per heavy atom. The van der Waals surface area contributed by atoms with Crippen LogP contribution in [0.1, 0.15) is 10.5 Å². The monoisotopic (exact) mass is 294 g/mol. The fraction of sp³-hybridized carbons (Fsp3) is 0.0833. The van der Waals surface area contributed by atoms with Crippen molar-refractivity contribution in [3.8, 4) is 5.75 Å². The van der Waals surface area contributed by atoms with Crippen LogP contribution in [-0.2, 0) is 4.74 Å². The summed E-state index contributed by atoms with van der Waals surface area (Å²) in [6.45, 7) is 0. The molecule has 0 radical (unpaired) electrons. The number of hydrogen-bond acceptors (Lipinski definition) is 6. The Kier molecular flexibility index (Phi) is 2.76. The lowest BCUT2D eigenvalue weighted by molar-refractivity contribution is 0.0591. The number of carbonyl (C=O) groups excluding carboxylic acids is 1. The number of aromatic nitrogens is 2. The van der Waals surface area contributed by atoms with Gasteiger partial charge in [-0.05, 0) is 12.1 Å². The van der Waals surface area contributed by atoms with Gasteiger partial charge in [0, 0.05) is 6.20 Å². The minimum absolute atomic E-state index is 0.123. The summed E-state index contributed by atoms with van der Waals surface area (Å²) in [5, 5.41) is 10.8. The van der Waals surface area contributed by atoms with E-state index < -0.39 is 5.97 Å². The summed E-state index contributed by atoms with van der Waals surface area (Å²) in [6.07, 6.45) is 1.64. The van der Waals surface area contributed by atoms with Crippen LogP contribution in [0.3, 0.4) is 0 Å². The van der Waals surface area contributed by atoms with Gasteiger partial charge in [-0.1, -0.05) is 11.6 Å². The van der Waals surface area contributed by atoms with Gasteiger partial charge in [-0.25, -0.2) is 9.78 Å². The van der Waals surface area contributed by atoms with E-state index in [0.717, 1.165) is 4.70 Å². The van der Waals surface area contributed by atoms with Crippen molar-refractivity contribution in [1.29, 1.82) is 0 Å². The molecule has 19 heavy (non-hydrogen) atoms. The quantitative estimate of drug-likeness (QED) is 0.552. The number of thiophene rings is 1. The van der Waals surface area contributed by atoms with E-state index in [9.17, 15) is 9.90 Å². The van der Waals surface area contributed by atoms with Gasteiger partial charge in [-0.2, -0.15) is 0 Å². The van der Waals surface area contributed by atoms with Crippen molar-refractivity contribution >= 4 is 49.2 Å². The number of nitrogens with zero attached hydrogens (tertiary/aromatic N) is 2. The van der Waals surface area contributed by atoms with Gasteiger partial charge in [0.1, 0.15) is 5.15 Å². The second-order valence-electron chi connectivity index (χ2n) is 3.75. The van der Waals surface area contributed by atoms with E-state index >= 15 is 0 Å². The largest absolute Gasteiger partial charge is 0.504 e. The van der Waals surface area contributed by atoms with Crippen LogP contribution in [0.5, 0.6) is 5.75 Å². The van der Waals surface area contributed by atoms with Crippen molar-refractivity contribution in [2.45, 2.75) is 0 Å². The number of methoxy groups -OCH3 is 1. The molecule has 5 nitrogen and oxygen atoms in total. The van der Waals surface area contributed by atoms with Crippen LogP contribution in [0, 0.1) is 0 Å². The fourth-order valence-electron chi connectivity index (χ4n) is 1.84. The van der Waals surface area contributed by atoms with Crippen LogP contribution < -0.4 is 0 Å². The molecular weight excluding hydrogens is 288 g/mol. The fourth-order valence-corrected chi connectivity index (χ4v) is 3.27. The normalized spacial score (nSPS) is 11.1. The molecule has 7 heteroatoms. The van der Waals surface area contributed by atoms with E-state index in [1.807, 2.05) is 6.07 Å². The van der Waals surface area contributed by atoms with Crippen molar-refractivity contribution in [3.63, 3.8) is 0 Å². The zero-order chi connectivity index (χ0) is 13.6. The number of esters is 1. The first-order valence-electron chi connectivity index (χ1n) is 5.27. The number of fused-ring (bicyclic) bond motifs is 3. The molecule has 0 fully saturated rings. The van der Waals surface area contributed by atoms with Crippen LogP contribution in [-0.4, -0.2) is 28.2 Å². The second kappa shape index (κ2) is 4.32. The van der Waals surface area contributed by atoms with Crippen molar-refractivity contribution in [1.82, 2.24) is 9.97 Å². The molecule has 0 aliphatic heterocycles. The Hall–Kier alpha value is -1.92. The average Bonchev–Trinajstić information content (AvgIpc) is 2.82. The minimum atomic E-state index is -0.730. The van der Waals surface area contributed by atoms with Crippen LogP contribution in [0.15, 0.2) is 18.3 Å². The van der Waals surface area contributed by atoms with Gasteiger partial charge < -0.3 is 9.84 Å². The highest BCUT2D eigenvalue weighted by Crippen LogP contribution is 2.42. The number of rotatable bonds is 1. The number of halogens is 1. The Balaban J connectivity index is 2.47. The van der Waals surface area contributed by atoms with E-state index in [-0.39, 0.29) is 16.6 Å². The summed E-state index contributed by atoms with van der Waals surface area (Å²) in [5.41, 5.74) is 0.471. The molecule has 0 saturated heterocycles. The van der Waals surface area contributed by atoms with E-state index in [0.29, 0.717) is 15.6 Å².